The molecule has 1 aliphatic rings. The van der Waals surface area contributed by atoms with Crippen LogP contribution in [0.2, 0.25) is 0 Å². The molecule has 0 saturated carbocycles. The van der Waals surface area contributed by atoms with Gasteiger partial charge in [-0.2, -0.15) is 9.78 Å². The van der Waals surface area contributed by atoms with E-state index in [9.17, 15) is 26.7 Å². The van der Waals surface area contributed by atoms with Crippen LogP contribution in [0.4, 0.5) is 17.2 Å². The molecule has 0 saturated heterocycles. The smallest absolute Gasteiger partial charge is 0.337 e. The van der Waals surface area contributed by atoms with Gasteiger partial charge in [-0.1, -0.05) is 77.5 Å². The number of carboxylic acid groups (broad SMARTS) is 1. The Morgan fingerprint density at radius 1 is 1.00 bits per heavy atom. The van der Waals surface area contributed by atoms with Gasteiger partial charge in [0, 0.05) is 0 Å². The predicted octanol–water partition coefficient (Wildman–Crippen LogP) is 7.66. The first-order chi connectivity index (χ1) is 22.9. The van der Waals surface area contributed by atoms with Crippen LogP contribution in [0.5, 0.6) is 5.75 Å². The number of nitrogens with one attached hydrogen (secondary N) is 2. The molecule has 0 radical (unpaired) electrons. The van der Waals surface area contributed by atoms with Gasteiger partial charge in [-0.15, -0.1) is 10.2 Å². The second-order valence-electron chi connectivity index (χ2n) is 11.6. The maximum atomic E-state index is 14.0. The van der Waals surface area contributed by atoms with Gasteiger partial charge >= 0.3 is 5.97 Å². The van der Waals surface area contributed by atoms with E-state index < -0.39 is 26.0 Å². The third-order valence-corrected chi connectivity index (χ3v) is 10.8. The van der Waals surface area contributed by atoms with E-state index in [1.807, 2.05) is 6.92 Å². The summed E-state index contributed by atoms with van der Waals surface area (Å²) in [5.41, 5.74) is 1.12. The molecule has 0 bridgehead atoms. The number of fused-ring (bicyclic) bond motifs is 1. The average molecular weight is 701 g/mol. The number of rotatable bonds is 18. The molecule has 0 aliphatic carbocycles. The molecule has 4 rings (SSSR count). The number of anilines is 1. The first-order valence-electron chi connectivity index (χ1n) is 16.3. The standard InChI is InChI=1S/C33H44N6O7S2/c1-5-8-10-11-12-13-16-24-19-20-29(27(22-24)46-21-9-6-2)48(44,45)37-31-28(7-3)47(42,43)38-32-30(23(4)36-39(31)32)35-34-26-18-15-14-17-25(26)33(40)41/h14-15,17-20,22,37-38H,5-13,16,21H2,1-4H3,(H,40,41). The normalized spacial score (nSPS) is 14.2. The van der Waals surface area contributed by atoms with Gasteiger partial charge in [-0.25, -0.2) is 21.6 Å². The fourth-order valence-electron chi connectivity index (χ4n) is 5.29. The zero-order valence-electron chi connectivity index (χ0n) is 27.8. The lowest BCUT2D eigenvalue weighted by Gasteiger charge is -2.24. The minimum Gasteiger partial charge on any atom is -0.492 e. The Morgan fingerprint density at radius 3 is 2.42 bits per heavy atom. The summed E-state index contributed by atoms with van der Waals surface area (Å²) < 4.78 is 67.0. The van der Waals surface area contributed by atoms with Crippen molar-refractivity contribution < 1.29 is 31.5 Å². The van der Waals surface area contributed by atoms with Crippen LogP contribution in [0.1, 0.15) is 100 Å². The number of carbonyl (C=O) groups is 1. The van der Waals surface area contributed by atoms with Crippen molar-refractivity contribution in [2.45, 2.75) is 96.8 Å². The number of aromatic nitrogens is 2. The van der Waals surface area contributed by atoms with E-state index in [4.69, 9.17) is 4.74 Å². The lowest BCUT2D eigenvalue weighted by atomic mass is 10.0. The molecule has 1 aromatic heterocycles. The van der Waals surface area contributed by atoms with Crippen LogP contribution in [-0.4, -0.2) is 44.3 Å². The van der Waals surface area contributed by atoms with Gasteiger partial charge in [0.15, 0.2) is 17.3 Å². The Balaban J connectivity index is 1.71. The van der Waals surface area contributed by atoms with Crippen LogP contribution in [-0.2, 0) is 26.5 Å². The fraction of sp³-hybridized carbons (Fsp3) is 0.455. The Bertz CT molecular complexity index is 1900. The molecule has 2 aromatic carbocycles. The predicted molar refractivity (Wildman–Crippen MR) is 185 cm³/mol. The third-order valence-electron chi connectivity index (χ3n) is 7.88. The lowest BCUT2D eigenvalue weighted by Crippen LogP contribution is -2.34. The van der Waals surface area contributed by atoms with Gasteiger partial charge in [-0.05, 0) is 62.4 Å². The molecule has 3 aromatic rings. The highest BCUT2D eigenvalue weighted by atomic mass is 32.2. The number of azo groups is 1. The summed E-state index contributed by atoms with van der Waals surface area (Å²) in [6.45, 7) is 7.65. The number of aromatic carboxylic acids is 1. The number of sulfonamides is 2. The number of carboxylic acids is 1. The van der Waals surface area contributed by atoms with Crippen molar-refractivity contribution in [3.63, 3.8) is 0 Å². The van der Waals surface area contributed by atoms with Crippen molar-refractivity contribution >= 4 is 49.0 Å². The highest BCUT2D eigenvalue weighted by molar-refractivity contribution is 7.96. The van der Waals surface area contributed by atoms with E-state index in [2.05, 4.69) is 31.7 Å². The van der Waals surface area contributed by atoms with Gasteiger partial charge in [0.2, 0.25) is 0 Å². The van der Waals surface area contributed by atoms with Gasteiger partial charge in [0.05, 0.1) is 17.9 Å². The van der Waals surface area contributed by atoms with E-state index in [-0.39, 0.29) is 56.2 Å². The quantitative estimate of drug-likeness (QED) is 0.0893. The summed E-state index contributed by atoms with van der Waals surface area (Å²) in [7, 11) is -8.64. The SMILES string of the molecule is CCCCCCCCc1ccc(S(=O)(=O)NC2=C(CC)S(=O)(=O)Nc3c(N=Nc4ccccc4C(=O)O)c(C)nn32)c(OCCCC)c1. The molecule has 0 amide bonds. The molecule has 0 fully saturated rings. The number of allylic oxidation sites excluding steroid dienone is 1. The highest BCUT2D eigenvalue weighted by Crippen LogP contribution is 2.39. The van der Waals surface area contributed by atoms with E-state index >= 15 is 0 Å². The molecular weight excluding hydrogens is 657 g/mol. The van der Waals surface area contributed by atoms with Gasteiger partial charge in [-0.3, -0.25) is 9.44 Å². The molecule has 2 heterocycles. The van der Waals surface area contributed by atoms with E-state index in [0.29, 0.717) is 6.61 Å². The Labute approximate surface area is 282 Å². The van der Waals surface area contributed by atoms with Crippen LogP contribution < -0.4 is 14.2 Å². The largest absolute Gasteiger partial charge is 0.492 e. The molecular formula is C33H44N6O7S2. The van der Waals surface area contributed by atoms with Crippen molar-refractivity contribution in [2.75, 3.05) is 11.3 Å². The molecule has 260 valence electrons. The first-order valence-corrected chi connectivity index (χ1v) is 19.3. The van der Waals surface area contributed by atoms with Crippen LogP contribution in [0.3, 0.4) is 0 Å². The van der Waals surface area contributed by atoms with Crippen molar-refractivity contribution in [2.24, 2.45) is 10.2 Å². The summed E-state index contributed by atoms with van der Waals surface area (Å²) in [4.78, 5) is 11.3. The number of nitrogens with zero attached hydrogens (tertiary/aromatic N) is 4. The minimum absolute atomic E-state index is 0.00625. The van der Waals surface area contributed by atoms with E-state index in [1.54, 1.807) is 38.1 Å². The fourth-order valence-corrected chi connectivity index (χ4v) is 7.89. The van der Waals surface area contributed by atoms with Gasteiger partial charge in [0.1, 0.15) is 21.2 Å². The topological polar surface area (TPSA) is 181 Å². The van der Waals surface area contributed by atoms with Gasteiger partial charge in [0.25, 0.3) is 20.0 Å². The number of hydrogen-bond donors (Lipinski definition) is 3. The molecule has 1 aliphatic heterocycles. The minimum atomic E-state index is -4.40. The van der Waals surface area contributed by atoms with Gasteiger partial charge < -0.3 is 9.84 Å². The molecule has 0 unspecified atom stereocenters. The zero-order valence-corrected chi connectivity index (χ0v) is 29.5. The zero-order chi connectivity index (χ0) is 34.9. The van der Waals surface area contributed by atoms with Crippen molar-refractivity contribution in [1.82, 2.24) is 14.5 Å². The number of ether oxygens (including phenoxy) is 1. The van der Waals surface area contributed by atoms with Crippen molar-refractivity contribution in [1.29, 1.82) is 0 Å². The van der Waals surface area contributed by atoms with Crippen molar-refractivity contribution in [3.05, 3.63) is 64.2 Å². The molecule has 48 heavy (non-hydrogen) atoms. The molecule has 0 atom stereocenters. The van der Waals surface area contributed by atoms with Crippen LogP contribution in [0.15, 0.2) is 62.5 Å². The Morgan fingerprint density at radius 2 is 1.71 bits per heavy atom. The number of aryl methyl sites for hydroxylation is 2. The lowest BCUT2D eigenvalue weighted by molar-refractivity contribution is 0.0697. The van der Waals surface area contributed by atoms with Crippen LogP contribution in [0, 0.1) is 6.92 Å². The second kappa shape index (κ2) is 16.2. The third kappa shape index (κ3) is 8.61. The van der Waals surface area contributed by atoms with E-state index in [1.165, 1.54) is 37.5 Å². The average Bonchev–Trinajstić information content (AvgIpc) is 3.35. The summed E-state index contributed by atoms with van der Waals surface area (Å²) in [6, 6.07) is 11.0. The highest BCUT2D eigenvalue weighted by Gasteiger charge is 2.36. The Hall–Kier alpha value is -4.24. The molecule has 3 N–H and O–H groups in total. The number of hydrogen-bond acceptors (Lipinski definition) is 9. The maximum Gasteiger partial charge on any atom is 0.337 e. The molecule has 15 heteroatoms. The monoisotopic (exact) mass is 700 g/mol. The Kier molecular flexibility index (Phi) is 12.4. The number of unbranched alkanes of at least 4 members (excludes halogenated alkanes) is 6. The summed E-state index contributed by atoms with van der Waals surface area (Å²) in [5, 5.41) is 22.1. The summed E-state index contributed by atoms with van der Waals surface area (Å²) in [6.07, 6.45) is 9.14. The van der Waals surface area contributed by atoms with Crippen LogP contribution in [0.25, 0.3) is 5.82 Å². The van der Waals surface area contributed by atoms with Crippen molar-refractivity contribution in [3.8, 4) is 5.75 Å². The maximum absolute atomic E-state index is 14.0. The molecule has 0 spiro atoms. The summed E-state index contributed by atoms with van der Waals surface area (Å²) in [5.74, 6) is -1.44. The first kappa shape index (κ1) is 36.6. The second-order valence-corrected chi connectivity index (χ2v) is 14.9. The van der Waals surface area contributed by atoms with Crippen LogP contribution >= 0.6 is 0 Å². The van der Waals surface area contributed by atoms with E-state index in [0.717, 1.165) is 48.8 Å². The summed E-state index contributed by atoms with van der Waals surface area (Å²) >= 11 is 0. The number of benzene rings is 2. The molecule has 13 nitrogen and oxygen atoms in total.